The van der Waals surface area contributed by atoms with Crippen molar-refractivity contribution in [2.75, 3.05) is 6.61 Å². The Morgan fingerprint density at radius 1 is 0.397 bits per heavy atom. The van der Waals surface area contributed by atoms with Gasteiger partial charge in [-0.05, 0) is 83.5 Å². The van der Waals surface area contributed by atoms with E-state index in [0.29, 0.717) is 6.42 Å². The highest BCUT2D eigenvalue weighted by atomic mass is 16.3. The van der Waals surface area contributed by atoms with Gasteiger partial charge in [-0.2, -0.15) is 0 Å². The molecule has 0 bridgehead atoms. The fraction of sp³-hybridized carbons (Fsp3) is 0.678. The lowest BCUT2D eigenvalue weighted by Gasteiger charge is -2.20. The van der Waals surface area contributed by atoms with Crippen LogP contribution < -0.4 is 5.32 Å². The lowest BCUT2D eigenvalue weighted by Crippen LogP contribution is -2.45. The molecule has 0 saturated heterocycles. The predicted octanol–water partition coefficient (Wildman–Crippen LogP) is 17.5. The van der Waals surface area contributed by atoms with Crippen LogP contribution in [0, 0.1) is 0 Å². The van der Waals surface area contributed by atoms with Crippen molar-refractivity contribution in [2.45, 2.75) is 251 Å². The maximum atomic E-state index is 12.4. The molecule has 0 aliphatic carbocycles. The van der Waals surface area contributed by atoms with Crippen LogP contribution in [-0.2, 0) is 4.79 Å². The Hall–Kier alpha value is -2.95. The second-order valence-corrected chi connectivity index (χ2v) is 17.6. The average molecular weight is 872 g/mol. The molecule has 0 rings (SSSR count). The van der Waals surface area contributed by atoms with E-state index < -0.39 is 12.1 Å². The normalized spacial score (nSPS) is 13.8. The Balaban J connectivity index is 3.60. The maximum Gasteiger partial charge on any atom is 0.220 e. The van der Waals surface area contributed by atoms with E-state index in [1.165, 1.54) is 141 Å². The first kappa shape index (κ1) is 60.1. The van der Waals surface area contributed by atoms with Crippen LogP contribution in [0.2, 0.25) is 0 Å². The Labute approximate surface area is 391 Å². The highest BCUT2D eigenvalue weighted by Crippen LogP contribution is 2.15. The van der Waals surface area contributed by atoms with Crippen LogP contribution in [0.5, 0.6) is 0 Å². The zero-order valence-electron chi connectivity index (χ0n) is 41.3. The van der Waals surface area contributed by atoms with Crippen LogP contribution in [0.3, 0.4) is 0 Å². The van der Waals surface area contributed by atoms with Gasteiger partial charge < -0.3 is 15.5 Å². The lowest BCUT2D eigenvalue weighted by atomic mass is 10.0. The molecule has 63 heavy (non-hydrogen) atoms. The van der Waals surface area contributed by atoms with Gasteiger partial charge in [0, 0.05) is 6.42 Å². The highest BCUT2D eigenvalue weighted by molar-refractivity contribution is 5.76. The van der Waals surface area contributed by atoms with Crippen molar-refractivity contribution in [1.82, 2.24) is 5.32 Å². The Morgan fingerprint density at radius 3 is 1.05 bits per heavy atom. The smallest absolute Gasteiger partial charge is 0.220 e. The van der Waals surface area contributed by atoms with Crippen LogP contribution >= 0.6 is 0 Å². The van der Waals surface area contributed by atoms with Gasteiger partial charge in [0.25, 0.3) is 0 Å². The summed E-state index contributed by atoms with van der Waals surface area (Å²) in [6.07, 6.45) is 80.8. The number of rotatable bonds is 47. The molecule has 0 aliphatic rings. The summed E-state index contributed by atoms with van der Waals surface area (Å²) in [5.41, 5.74) is 0. The molecular formula is C59H101NO3. The zero-order valence-corrected chi connectivity index (χ0v) is 41.3. The number of aliphatic hydroxyl groups excluding tert-OH is 2. The van der Waals surface area contributed by atoms with Crippen molar-refractivity contribution in [3.63, 3.8) is 0 Å². The van der Waals surface area contributed by atoms with Gasteiger partial charge in [-0.15, -0.1) is 0 Å². The third-order valence-corrected chi connectivity index (χ3v) is 11.5. The molecule has 2 unspecified atom stereocenters. The Bertz CT molecular complexity index is 1220. The van der Waals surface area contributed by atoms with Crippen LogP contribution in [0.25, 0.3) is 0 Å². The topological polar surface area (TPSA) is 69.6 Å². The molecule has 2 atom stereocenters. The number of hydrogen-bond donors (Lipinski definition) is 3. The predicted molar refractivity (Wildman–Crippen MR) is 280 cm³/mol. The number of allylic oxidation sites excluding steroid dienone is 17. The number of unbranched alkanes of at least 4 members (excludes halogenated alkanes) is 24. The first-order valence-corrected chi connectivity index (χ1v) is 26.6. The van der Waals surface area contributed by atoms with E-state index in [1.807, 2.05) is 6.08 Å². The fourth-order valence-corrected chi connectivity index (χ4v) is 7.49. The average Bonchev–Trinajstić information content (AvgIpc) is 3.29. The first-order chi connectivity index (χ1) is 31.2. The van der Waals surface area contributed by atoms with E-state index in [9.17, 15) is 15.0 Å². The number of carbonyl (C=O) groups is 1. The highest BCUT2D eigenvalue weighted by Gasteiger charge is 2.18. The summed E-state index contributed by atoms with van der Waals surface area (Å²) >= 11 is 0. The van der Waals surface area contributed by atoms with Gasteiger partial charge in [-0.1, -0.05) is 258 Å². The van der Waals surface area contributed by atoms with Crippen molar-refractivity contribution in [3.05, 3.63) is 109 Å². The van der Waals surface area contributed by atoms with Gasteiger partial charge in [0.1, 0.15) is 0 Å². The molecule has 0 saturated carbocycles. The monoisotopic (exact) mass is 872 g/mol. The van der Waals surface area contributed by atoms with E-state index in [-0.39, 0.29) is 12.5 Å². The van der Waals surface area contributed by atoms with Crippen molar-refractivity contribution in [3.8, 4) is 0 Å². The molecule has 0 radical (unpaired) electrons. The van der Waals surface area contributed by atoms with Crippen molar-refractivity contribution >= 4 is 5.91 Å². The minimum Gasteiger partial charge on any atom is -0.394 e. The summed E-state index contributed by atoms with van der Waals surface area (Å²) in [7, 11) is 0. The van der Waals surface area contributed by atoms with Crippen LogP contribution in [0.1, 0.15) is 239 Å². The molecule has 0 fully saturated rings. The van der Waals surface area contributed by atoms with Crippen LogP contribution in [-0.4, -0.2) is 34.9 Å². The number of hydrogen-bond acceptors (Lipinski definition) is 3. The van der Waals surface area contributed by atoms with Crippen LogP contribution in [0.4, 0.5) is 0 Å². The van der Waals surface area contributed by atoms with Crippen molar-refractivity contribution in [1.29, 1.82) is 0 Å². The molecule has 0 spiro atoms. The van der Waals surface area contributed by atoms with E-state index in [1.54, 1.807) is 6.08 Å². The summed E-state index contributed by atoms with van der Waals surface area (Å²) in [6, 6.07) is -0.631. The molecular weight excluding hydrogens is 771 g/mol. The Kier molecular flexibility index (Phi) is 50.9. The molecule has 0 aromatic heterocycles. The summed E-state index contributed by atoms with van der Waals surface area (Å²) in [4.78, 5) is 12.4. The molecule has 1 amide bonds. The second kappa shape index (κ2) is 53.4. The maximum absolute atomic E-state index is 12.4. The van der Waals surface area contributed by atoms with E-state index >= 15 is 0 Å². The minimum absolute atomic E-state index is 0.0726. The summed E-state index contributed by atoms with van der Waals surface area (Å²) in [5.74, 6) is -0.0726. The van der Waals surface area contributed by atoms with Gasteiger partial charge in [-0.3, -0.25) is 4.79 Å². The lowest BCUT2D eigenvalue weighted by molar-refractivity contribution is -0.123. The van der Waals surface area contributed by atoms with Gasteiger partial charge in [-0.25, -0.2) is 0 Å². The minimum atomic E-state index is -0.847. The molecule has 0 aromatic carbocycles. The van der Waals surface area contributed by atoms with Gasteiger partial charge >= 0.3 is 0 Å². The number of amides is 1. The summed E-state index contributed by atoms with van der Waals surface area (Å²) in [5, 5.41) is 23.1. The van der Waals surface area contributed by atoms with E-state index in [4.69, 9.17) is 0 Å². The molecule has 3 N–H and O–H groups in total. The standard InChI is InChI=1S/C59H101NO3/c1-3-5-7-9-11-13-15-17-19-21-22-23-24-25-26-27-28-29-30-31-32-33-34-35-36-37-38-39-41-43-45-47-49-51-53-55-59(63)60-57(56-61)58(62)54-52-50-48-46-44-42-40-20-18-16-14-12-10-8-6-4-2/h5,7,11,13,17,19,22-23,25-26,28-29,31-32,34-35,52,54,57-58,61-62H,3-4,6,8-10,12,14-16,18,20-21,24,27,30,33,36-51,53,55-56H2,1-2H3,(H,60,63)/b7-5-,13-11-,19-17-,23-22-,26-25-,29-28-,32-31-,35-34-,54-52+. The molecule has 0 aromatic rings. The van der Waals surface area contributed by atoms with Gasteiger partial charge in [0.2, 0.25) is 5.91 Å². The second-order valence-electron chi connectivity index (χ2n) is 17.6. The van der Waals surface area contributed by atoms with Gasteiger partial charge in [0.15, 0.2) is 0 Å². The van der Waals surface area contributed by atoms with Gasteiger partial charge in [0.05, 0.1) is 18.8 Å². The molecule has 0 aliphatic heterocycles. The molecule has 0 heterocycles. The number of nitrogens with one attached hydrogen (secondary N) is 1. The quantitative estimate of drug-likeness (QED) is 0.0421. The van der Waals surface area contributed by atoms with Crippen LogP contribution in [0.15, 0.2) is 109 Å². The first-order valence-electron chi connectivity index (χ1n) is 26.6. The summed E-state index contributed by atoms with van der Waals surface area (Å²) in [6.45, 7) is 4.19. The third-order valence-electron chi connectivity index (χ3n) is 11.5. The SMILES string of the molecule is CC/C=C\C/C=C\C/C=C\C/C=C\C/C=C\C/C=C\C/C=C\C/C=C\CCCCCCCCCCCCC(=O)NC(CO)C(O)/C=C/CCCCCCCCCCCCCCCC. The van der Waals surface area contributed by atoms with Crippen molar-refractivity contribution < 1.29 is 15.0 Å². The number of carbonyl (C=O) groups excluding carboxylic acids is 1. The fourth-order valence-electron chi connectivity index (χ4n) is 7.49. The third kappa shape index (κ3) is 49.9. The van der Waals surface area contributed by atoms with Crippen molar-refractivity contribution in [2.24, 2.45) is 0 Å². The molecule has 4 nitrogen and oxygen atoms in total. The largest absolute Gasteiger partial charge is 0.394 e. The summed E-state index contributed by atoms with van der Waals surface area (Å²) < 4.78 is 0. The van der Waals surface area contributed by atoms with E-state index in [2.05, 4.69) is 116 Å². The number of aliphatic hydroxyl groups is 2. The van der Waals surface area contributed by atoms with E-state index in [0.717, 1.165) is 77.0 Å². The Morgan fingerprint density at radius 2 is 0.698 bits per heavy atom. The molecule has 360 valence electrons. The zero-order chi connectivity index (χ0) is 45.6. The molecule has 4 heteroatoms.